The lowest BCUT2D eigenvalue weighted by atomic mass is 9.96. The van der Waals surface area contributed by atoms with Crippen LogP contribution in [0.2, 0.25) is 0 Å². The average Bonchev–Trinajstić information content (AvgIpc) is 3.23. The first-order valence-corrected chi connectivity index (χ1v) is 8.99. The second-order valence-corrected chi connectivity index (χ2v) is 7.57. The van der Waals surface area contributed by atoms with Crippen LogP contribution in [0.3, 0.4) is 0 Å². The molecule has 3 aromatic rings. The lowest BCUT2D eigenvalue weighted by molar-refractivity contribution is -0.115. The van der Waals surface area contributed by atoms with Crippen molar-refractivity contribution < 1.29 is 14.1 Å². The van der Waals surface area contributed by atoms with Crippen LogP contribution in [0.25, 0.3) is 0 Å². The molecule has 1 amide bonds. The maximum Gasteiger partial charge on any atom is 0.417 e. The highest BCUT2D eigenvalue weighted by atomic mass is 32.1. The van der Waals surface area contributed by atoms with E-state index in [1.165, 1.54) is 18.3 Å². The van der Waals surface area contributed by atoms with Crippen molar-refractivity contribution in [2.75, 3.05) is 4.90 Å². The molecule has 0 atom stereocenters. The molecule has 0 aliphatic heterocycles. The molecule has 0 saturated carbocycles. The number of amides is 1. The first-order valence-electron chi connectivity index (χ1n) is 8.12. The highest BCUT2D eigenvalue weighted by molar-refractivity contribution is 7.14. The lowest BCUT2D eigenvalue weighted by Gasteiger charge is -2.17. The molecule has 0 aliphatic rings. The van der Waals surface area contributed by atoms with Crippen molar-refractivity contribution in [1.82, 2.24) is 15.1 Å². The van der Waals surface area contributed by atoms with Crippen LogP contribution < -0.4 is 9.64 Å². The summed E-state index contributed by atoms with van der Waals surface area (Å²) in [6, 6.07) is 9.40. The predicted octanol–water partition coefficient (Wildman–Crippen LogP) is 4.09. The van der Waals surface area contributed by atoms with Crippen LogP contribution >= 0.6 is 11.3 Å². The summed E-state index contributed by atoms with van der Waals surface area (Å²) >= 11 is 1.37. The molecule has 0 unspecified atom stereocenters. The predicted molar refractivity (Wildman–Crippen MR) is 98.7 cm³/mol. The zero-order chi connectivity index (χ0) is 18.7. The highest BCUT2D eigenvalue weighted by Crippen LogP contribution is 2.29. The van der Waals surface area contributed by atoms with Gasteiger partial charge in [0.2, 0.25) is 5.91 Å². The number of hydrogen-bond acceptors (Lipinski definition) is 7. The van der Waals surface area contributed by atoms with Crippen molar-refractivity contribution in [1.29, 1.82) is 0 Å². The SMILES string of the molecule is CC(=O)N(c1ccccc1)c1nc(COc2nc(C(C)(C)C)no2)cs1. The number of rotatable bonds is 5. The molecule has 8 heteroatoms. The minimum atomic E-state index is -0.212. The monoisotopic (exact) mass is 372 g/mol. The van der Waals surface area contributed by atoms with E-state index in [1.807, 2.05) is 56.5 Å². The van der Waals surface area contributed by atoms with E-state index in [0.29, 0.717) is 16.6 Å². The summed E-state index contributed by atoms with van der Waals surface area (Å²) in [6.07, 6.45) is 0.107. The minimum Gasteiger partial charge on any atom is -0.442 e. The van der Waals surface area contributed by atoms with Crippen molar-refractivity contribution in [2.24, 2.45) is 0 Å². The van der Waals surface area contributed by atoms with Crippen LogP contribution in [0.15, 0.2) is 40.2 Å². The Bertz CT molecular complexity index is 883. The first-order chi connectivity index (χ1) is 12.3. The van der Waals surface area contributed by atoms with E-state index in [1.54, 1.807) is 4.90 Å². The molecule has 7 nitrogen and oxygen atoms in total. The zero-order valence-electron chi connectivity index (χ0n) is 15.1. The van der Waals surface area contributed by atoms with Crippen molar-refractivity contribution in [3.05, 3.63) is 47.2 Å². The van der Waals surface area contributed by atoms with E-state index >= 15 is 0 Å². The van der Waals surface area contributed by atoms with Crippen molar-refractivity contribution >= 4 is 28.1 Å². The molecule has 0 spiro atoms. The summed E-state index contributed by atoms with van der Waals surface area (Å²) in [5.74, 6) is 0.475. The fourth-order valence-electron chi connectivity index (χ4n) is 2.18. The molecule has 136 valence electrons. The van der Waals surface area contributed by atoms with Crippen molar-refractivity contribution in [3.63, 3.8) is 0 Å². The van der Waals surface area contributed by atoms with Gasteiger partial charge in [-0.1, -0.05) is 44.1 Å². The Morgan fingerprint density at radius 1 is 1.23 bits per heavy atom. The van der Waals surface area contributed by atoms with Gasteiger partial charge in [-0.25, -0.2) is 4.98 Å². The fourth-order valence-corrected chi connectivity index (χ4v) is 3.05. The lowest BCUT2D eigenvalue weighted by Crippen LogP contribution is -2.22. The number of para-hydroxylation sites is 1. The Labute approximate surface area is 155 Å². The van der Waals surface area contributed by atoms with Crippen LogP contribution in [-0.2, 0) is 16.8 Å². The Kier molecular flexibility index (Phi) is 5.03. The molecule has 0 fully saturated rings. The van der Waals surface area contributed by atoms with E-state index in [0.717, 1.165) is 5.69 Å². The molecule has 0 aliphatic carbocycles. The number of ether oxygens (including phenoxy) is 1. The first kappa shape index (κ1) is 18.1. The molecule has 0 saturated heterocycles. The van der Waals surface area contributed by atoms with Crippen molar-refractivity contribution in [2.45, 2.75) is 39.7 Å². The molecule has 0 radical (unpaired) electrons. The molecule has 1 aromatic carbocycles. The third kappa shape index (κ3) is 4.08. The number of hydrogen-bond donors (Lipinski definition) is 0. The van der Waals surface area contributed by atoms with Gasteiger partial charge in [0.25, 0.3) is 0 Å². The van der Waals surface area contributed by atoms with Crippen LogP contribution in [-0.4, -0.2) is 21.0 Å². The summed E-state index contributed by atoms with van der Waals surface area (Å²) in [5.41, 5.74) is 1.24. The second-order valence-electron chi connectivity index (χ2n) is 6.73. The number of nitrogens with zero attached hydrogens (tertiary/aromatic N) is 4. The van der Waals surface area contributed by atoms with Gasteiger partial charge in [0.1, 0.15) is 6.61 Å². The second kappa shape index (κ2) is 7.25. The molecule has 2 aromatic heterocycles. The van der Waals surface area contributed by atoms with Crippen molar-refractivity contribution in [3.8, 4) is 6.08 Å². The third-order valence-electron chi connectivity index (χ3n) is 3.48. The van der Waals surface area contributed by atoms with Crippen LogP contribution in [0, 0.1) is 0 Å². The maximum absolute atomic E-state index is 12.1. The Balaban J connectivity index is 1.71. The van der Waals surface area contributed by atoms with E-state index in [4.69, 9.17) is 9.26 Å². The topological polar surface area (TPSA) is 81.4 Å². The number of carbonyl (C=O) groups excluding carboxylic acids is 1. The molecule has 26 heavy (non-hydrogen) atoms. The Morgan fingerprint density at radius 2 is 1.96 bits per heavy atom. The van der Waals surface area contributed by atoms with Gasteiger partial charge in [-0.05, 0) is 12.1 Å². The van der Waals surface area contributed by atoms with Gasteiger partial charge in [0, 0.05) is 17.7 Å². The summed E-state index contributed by atoms with van der Waals surface area (Å²) in [6.45, 7) is 7.68. The summed E-state index contributed by atoms with van der Waals surface area (Å²) in [7, 11) is 0. The zero-order valence-corrected chi connectivity index (χ0v) is 15.9. The van der Waals surface area contributed by atoms with Gasteiger partial charge >= 0.3 is 6.08 Å². The standard InChI is InChI=1S/C18H20N4O3S/c1-12(23)22(14-8-6-5-7-9-14)16-19-13(11-26-16)10-24-17-20-15(21-25-17)18(2,3)4/h5-9,11H,10H2,1-4H3. The number of thiazole rings is 1. The quantitative estimate of drug-likeness (QED) is 0.671. The largest absolute Gasteiger partial charge is 0.442 e. The summed E-state index contributed by atoms with van der Waals surface area (Å²) < 4.78 is 10.6. The molecule has 0 bridgehead atoms. The van der Waals surface area contributed by atoms with Gasteiger partial charge in [-0.2, -0.15) is 4.98 Å². The Morgan fingerprint density at radius 3 is 2.58 bits per heavy atom. The summed E-state index contributed by atoms with van der Waals surface area (Å²) in [5, 5.41) is 6.34. The van der Waals surface area contributed by atoms with Gasteiger partial charge in [-0.15, -0.1) is 11.3 Å². The maximum atomic E-state index is 12.1. The number of anilines is 2. The number of carbonyl (C=O) groups is 1. The molecular formula is C18H20N4O3S. The van der Waals surface area contributed by atoms with E-state index in [9.17, 15) is 4.79 Å². The molecular weight excluding hydrogens is 352 g/mol. The average molecular weight is 372 g/mol. The number of benzene rings is 1. The highest BCUT2D eigenvalue weighted by Gasteiger charge is 2.22. The van der Waals surface area contributed by atoms with Gasteiger partial charge in [0.15, 0.2) is 11.0 Å². The smallest absolute Gasteiger partial charge is 0.417 e. The van der Waals surface area contributed by atoms with E-state index in [2.05, 4.69) is 15.1 Å². The molecule has 3 rings (SSSR count). The van der Waals surface area contributed by atoms with E-state index in [-0.39, 0.29) is 24.0 Å². The normalized spacial score (nSPS) is 11.4. The van der Waals surface area contributed by atoms with Gasteiger partial charge in [0.05, 0.1) is 11.4 Å². The van der Waals surface area contributed by atoms with Crippen LogP contribution in [0.4, 0.5) is 10.8 Å². The molecule has 0 N–H and O–H groups in total. The van der Waals surface area contributed by atoms with Crippen LogP contribution in [0.5, 0.6) is 6.08 Å². The third-order valence-corrected chi connectivity index (χ3v) is 4.36. The Hall–Kier alpha value is -2.74. The summed E-state index contributed by atoms with van der Waals surface area (Å²) in [4.78, 5) is 22.3. The van der Waals surface area contributed by atoms with E-state index < -0.39 is 0 Å². The van der Waals surface area contributed by atoms with Gasteiger partial charge < -0.3 is 4.74 Å². The van der Waals surface area contributed by atoms with Gasteiger partial charge in [-0.3, -0.25) is 14.2 Å². The minimum absolute atomic E-state index is 0.107. The fraction of sp³-hybridized carbons (Fsp3) is 0.333. The molecule has 2 heterocycles. The van der Waals surface area contributed by atoms with Crippen LogP contribution in [0.1, 0.15) is 39.2 Å². The number of aromatic nitrogens is 3.